The Morgan fingerprint density at radius 1 is 1.11 bits per heavy atom. The van der Waals surface area contributed by atoms with Gasteiger partial charge in [-0.1, -0.05) is 25.0 Å². The molecule has 1 heterocycles. The molecule has 2 N–H and O–H groups in total. The van der Waals surface area contributed by atoms with Gasteiger partial charge in [0.05, 0.1) is 5.56 Å². The fraction of sp³-hybridized carbons (Fsp3) is 0.650. The minimum absolute atomic E-state index is 0. The van der Waals surface area contributed by atoms with Crippen LogP contribution in [0.2, 0.25) is 0 Å². The van der Waals surface area contributed by atoms with E-state index >= 15 is 0 Å². The molecule has 1 amide bonds. The molecule has 1 aliphatic heterocycles. The zero-order chi connectivity index (χ0) is 19.6. The van der Waals surface area contributed by atoms with Crippen molar-refractivity contribution in [2.75, 3.05) is 20.1 Å². The highest BCUT2D eigenvalue weighted by atomic mass is 35.5. The van der Waals surface area contributed by atoms with Crippen LogP contribution in [0.3, 0.4) is 0 Å². The molecule has 158 valence electrons. The summed E-state index contributed by atoms with van der Waals surface area (Å²) in [7, 11) is 1.78. The minimum Gasteiger partial charge on any atom is -0.340 e. The zero-order valence-corrected chi connectivity index (χ0v) is 16.9. The maximum absolute atomic E-state index is 12.9. The third-order valence-electron chi connectivity index (χ3n) is 6.01. The quantitative estimate of drug-likeness (QED) is 0.802. The summed E-state index contributed by atoms with van der Waals surface area (Å²) in [5.41, 5.74) is 5.79. The lowest BCUT2D eigenvalue weighted by Crippen LogP contribution is -2.54. The molecule has 1 saturated heterocycles. The molecule has 0 aromatic heterocycles. The highest BCUT2D eigenvalue weighted by molar-refractivity contribution is 5.85. The Morgan fingerprint density at radius 2 is 1.68 bits per heavy atom. The molecule has 1 aromatic carbocycles. The fourth-order valence-corrected chi connectivity index (χ4v) is 4.45. The van der Waals surface area contributed by atoms with Crippen molar-refractivity contribution in [2.45, 2.75) is 62.8 Å². The number of carbonyl (C=O) groups excluding carboxylic acids is 1. The SMILES string of the molecule is CN(C(=O)[C@@H](N)c1ccc(C(F)(F)F)cc1)[C@H]1CCCC[C@@H]1N1CCCC1.Cl. The van der Waals surface area contributed by atoms with Gasteiger partial charge >= 0.3 is 6.18 Å². The first-order chi connectivity index (χ1) is 12.8. The number of alkyl halides is 3. The lowest BCUT2D eigenvalue weighted by Gasteiger charge is -2.43. The van der Waals surface area contributed by atoms with Crippen LogP contribution >= 0.6 is 12.4 Å². The molecule has 0 radical (unpaired) electrons. The molecular formula is C20H29ClF3N3O. The van der Waals surface area contributed by atoms with Crippen molar-refractivity contribution in [3.05, 3.63) is 35.4 Å². The number of halogens is 4. The summed E-state index contributed by atoms with van der Waals surface area (Å²) < 4.78 is 38.2. The third kappa shape index (κ3) is 4.99. The van der Waals surface area contributed by atoms with Crippen LogP contribution in [0.1, 0.15) is 55.7 Å². The highest BCUT2D eigenvalue weighted by Gasteiger charge is 2.37. The number of benzene rings is 1. The van der Waals surface area contributed by atoms with E-state index in [1.807, 2.05) is 0 Å². The molecule has 3 rings (SSSR count). The summed E-state index contributed by atoms with van der Waals surface area (Å²) in [5, 5.41) is 0. The summed E-state index contributed by atoms with van der Waals surface area (Å²) in [6.07, 6.45) is 2.29. The molecule has 4 nitrogen and oxygen atoms in total. The van der Waals surface area contributed by atoms with Gasteiger partial charge in [0.1, 0.15) is 6.04 Å². The van der Waals surface area contributed by atoms with E-state index in [0.29, 0.717) is 11.6 Å². The van der Waals surface area contributed by atoms with Crippen LogP contribution in [0, 0.1) is 0 Å². The van der Waals surface area contributed by atoms with Crippen molar-refractivity contribution >= 4 is 18.3 Å². The summed E-state index contributed by atoms with van der Waals surface area (Å²) >= 11 is 0. The normalized spacial score (nSPS) is 24.5. The van der Waals surface area contributed by atoms with E-state index in [1.165, 1.54) is 31.4 Å². The van der Waals surface area contributed by atoms with Crippen LogP contribution in [0.5, 0.6) is 0 Å². The summed E-state index contributed by atoms with van der Waals surface area (Å²) in [5.74, 6) is -0.231. The van der Waals surface area contributed by atoms with Crippen LogP contribution < -0.4 is 5.73 Å². The van der Waals surface area contributed by atoms with E-state index in [0.717, 1.165) is 44.5 Å². The summed E-state index contributed by atoms with van der Waals surface area (Å²) in [6, 6.07) is 4.10. The van der Waals surface area contributed by atoms with Crippen LogP contribution in [0.4, 0.5) is 13.2 Å². The molecule has 1 aliphatic carbocycles. The van der Waals surface area contributed by atoms with E-state index in [-0.39, 0.29) is 24.4 Å². The number of carbonyl (C=O) groups is 1. The van der Waals surface area contributed by atoms with E-state index in [4.69, 9.17) is 5.73 Å². The number of nitrogens with two attached hydrogens (primary N) is 1. The van der Waals surface area contributed by atoms with Gasteiger partial charge in [-0.15, -0.1) is 12.4 Å². The molecule has 1 saturated carbocycles. The van der Waals surface area contributed by atoms with Gasteiger partial charge < -0.3 is 10.6 Å². The number of hydrogen-bond acceptors (Lipinski definition) is 3. The average molecular weight is 420 g/mol. The van der Waals surface area contributed by atoms with Crippen LogP contribution in [-0.4, -0.2) is 47.9 Å². The Kier molecular flexibility index (Phi) is 7.76. The van der Waals surface area contributed by atoms with Crippen molar-refractivity contribution in [3.8, 4) is 0 Å². The average Bonchev–Trinajstić information content (AvgIpc) is 3.20. The highest BCUT2D eigenvalue weighted by Crippen LogP contribution is 2.32. The number of likely N-dealkylation sites (N-methyl/N-ethyl adjacent to an activating group) is 1. The predicted molar refractivity (Wildman–Crippen MR) is 105 cm³/mol. The number of nitrogens with zero attached hydrogens (tertiary/aromatic N) is 2. The summed E-state index contributed by atoms with van der Waals surface area (Å²) in [4.78, 5) is 17.2. The minimum atomic E-state index is -4.39. The van der Waals surface area contributed by atoms with Gasteiger partial charge in [-0.3, -0.25) is 9.69 Å². The Balaban J connectivity index is 0.00000280. The second kappa shape index (κ2) is 9.46. The lowest BCUT2D eigenvalue weighted by atomic mass is 9.87. The molecule has 0 bridgehead atoms. The molecule has 28 heavy (non-hydrogen) atoms. The second-order valence-electron chi connectivity index (χ2n) is 7.71. The first-order valence-corrected chi connectivity index (χ1v) is 9.72. The molecular weight excluding hydrogens is 391 g/mol. The molecule has 3 atom stereocenters. The molecule has 0 spiro atoms. The van der Waals surface area contributed by atoms with Crippen molar-refractivity contribution in [2.24, 2.45) is 5.73 Å². The Morgan fingerprint density at radius 3 is 2.25 bits per heavy atom. The van der Waals surface area contributed by atoms with E-state index in [1.54, 1.807) is 11.9 Å². The molecule has 0 unspecified atom stereocenters. The van der Waals surface area contributed by atoms with Gasteiger partial charge in [-0.05, 0) is 56.5 Å². The Hall–Kier alpha value is -1.31. The van der Waals surface area contributed by atoms with Gasteiger partial charge in [-0.25, -0.2) is 0 Å². The number of amides is 1. The van der Waals surface area contributed by atoms with Crippen LogP contribution in [-0.2, 0) is 11.0 Å². The predicted octanol–water partition coefficient (Wildman–Crippen LogP) is 3.99. The number of hydrogen-bond donors (Lipinski definition) is 1. The van der Waals surface area contributed by atoms with Crippen molar-refractivity contribution in [1.82, 2.24) is 9.80 Å². The van der Waals surface area contributed by atoms with Crippen LogP contribution in [0.25, 0.3) is 0 Å². The largest absolute Gasteiger partial charge is 0.416 e. The van der Waals surface area contributed by atoms with Crippen molar-refractivity contribution in [3.63, 3.8) is 0 Å². The van der Waals surface area contributed by atoms with Gasteiger partial charge in [-0.2, -0.15) is 13.2 Å². The number of likely N-dealkylation sites (tertiary alicyclic amines) is 1. The first-order valence-electron chi connectivity index (χ1n) is 9.72. The number of rotatable bonds is 4. The lowest BCUT2D eigenvalue weighted by molar-refractivity contribution is -0.137. The fourth-order valence-electron chi connectivity index (χ4n) is 4.45. The topological polar surface area (TPSA) is 49.6 Å². The Labute approximate surface area is 170 Å². The van der Waals surface area contributed by atoms with Gasteiger partial charge in [0.25, 0.3) is 0 Å². The standard InChI is InChI=1S/C20H28F3N3O.ClH/c1-25(16-6-2-3-7-17(16)26-12-4-5-13-26)19(27)18(24)14-8-10-15(11-9-14)20(21,22)23;/h8-11,16-18H,2-7,12-13,24H2,1H3;1H/t16-,17-,18-;/m0./s1. The van der Waals surface area contributed by atoms with Crippen molar-refractivity contribution < 1.29 is 18.0 Å². The van der Waals surface area contributed by atoms with Crippen LogP contribution in [0.15, 0.2) is 24.3 Å². The maximum atomic E-state index is 12.9. The monoisotopic (exact) mass is 419 g/mol. The smallest absolute Gasteiger partial charge is 0.340 e. The van der Waals surface area contributed by atoms with Gasteiger partial charge in [0, 0.05) is 19.1 Å². The zero-order valence-electron chi connectivity index (χ0n) is 16.1. The molecule has 2 aliphatic rings. The van der Waals surface area contributed by atoms with Gasteiger partial charge in [0.15, 0.2) is 0 Å². The molecule has 2 fully saturated rings. The molecule has 1 aromatic rings. The molecule has 8 heteroatoms. The van der Waals surface area contributed by atoms with E-state index in [9.17, 15) is 18.0 Å². The maximum Gasteiger partial charge on any atom is 0.416 e. The first kappa shape index (κ1) is 23.0. The summed E-state index contributed by atoms with van der Waals surface area (Å²) in [6.45, 7) is 2.16. The second-order valence-corrected chi connectivity index (χ2v) is 7.71. The third-order valence-corrected chi connectivity index (χ3v) is 6.01. The van der Waals surface area contributed by atoms with Gasteiger partial charge in [0.2, 0.25) is 5.91 Å². The Bertz CT molecular complexity index is 647. The van der Waals surface area contributed by atoms with E-state index < -0.39 is 17.8 Å². The van der Waals surface area contributed by atoms with Crippen molar-refractivity contribution in [1.29, 1.82) is 0 Å². The van der Waals surface area contributed by atoms with E-state index in [2.05, 4.69) is 4.90 Å².